The molecule has 30 heavy (non-hydrogen) atoms. The first-order chi connectivity index (χ1) is 14.3. The number of benzene rings is 2. The van der Waals surface area contributed by atoms with Gasteiger partial charge in [-0.2, -0.15) is 13.2 Å². The minimum absolute atomic E-state index is 0.00755. The van der Waals surface area contributed by atoms with Gasteiger partial charge in [-0.05, 0) is 23.3 Å². The molecule has 0 aliphatic rings. The Morgan fingerprint density at radius 1 is 0.800 bits per heavy atom. The van der Waals surface area contributed by atoms with E-state index in [1.54, 1.807) is 24.3 Å². The third-order valence-electron chi connectivity index (χ3n) is 4.62. The molecule has 0 unspecified atom stereocenters. The van der Waals surface area contributed by atoms with Crippen LogP contribution in [-0.4, -0.2) is 19.1 Å². The summed E-state index contributed by atoms with van der Waals surface area (Å²) in [6.07, 6.45) is -1.85. The molecular weight excluding hydrogens is 397 g/mol. The molecule has 4 rings (SSSR count). The van der Waals surface area contributed by atoms with Gasteiger partial charge in [0.2, 0.25) is 0 Å². The monoisotopic (exact) mass is 412 g/mol. The van der Waals surface area contributed by atoms with Gasteiger partial charge in [0, 0.05) is 12.4 Å². The molecule has 9 heteroatoms. The van der Waals surface area contributed by atoms with Gasteiger partial charge in [-0.1, -0.05) is 42.5 Å². The van der Waals surface area contributed by atoms with Crippen molar-refractivity contribution < 1.29 is 13.2 Å². The first-order valence-corrected chi connectivity index (χ1v) is 8.99. The van der Waals surface area contributed by atoms with E-state index >= 15 is 0 Å². The van der Waals surface area contributed by atoms with Gasteiger partial charge in [-0.15, -0.1) is 0 Å². The fourth-order valence-electron chi connectivity index (χ4n) is 3.21. The molecule has 4 aromatic rings. The second-order valence-electron chi connectivity index (χ2n) is 6.67. The summed E-state index contributed by atoms with van der Waals surface area (Å²) in [5.41, 5.74) is -1.12. The van der Waals surface area contributed by atoms with Gasteiger partial charge in [-0.25, -0.2) is 14.8 Å². The Kier molecular flexibility index (Phi) is 4.94. The number of aromatic nitrogens is 4. The minimum Gasteiger partial charge on any atom is -0.272 e. The second kappa shape index (κ2) is 7.58. The smallest absolute Gasteiger partial charge is 0.272 e. The summed E-state index contributed by atoms with van der Waals surface area (Å²) in [5.74, 6) is 0. The van der Waals surface area contributed by atoms with Crippen LogP contribution in [0.1, 0.15) is 16.7 Å². The highest BCUT2D eigenvalue weighted by Crippen LogP contribution is 2.29. The fraction of sp³-hybridized carbons (Fsp3) is 0.143. The van der Waals surface area contributed by atoms with Crippen molar-refractivity contribution >= 4 is 11.2 Å². The van der Waals surface area contributed by atoms with Crippen molar-refractivity contribution in [2.45, 2.75) is 19.3 Å². The lowest BCUT2D eigenvalue weighted by Crippen LogP contribution is -2.41. The molecule has 2 aromatic carbocycles. The summed E-state index contributed by atoms with van der Waals surface area (Å²) in [7, 11) is 0. The van der Waals surface area contributed by atoms with Gasteiger partial charge >= 0.3 is 11.9 Å². The Labute approximate surface area is 167 Å². The molecule has 0 saturated carbocycles. The van der Waals surface area contributed by atoms with Crippen LogP contribution >= 0.6 is 0 Å². The van der Waals surface area contributed by atoms with E-state index < -0.39 is 23.0 Å². The Balaban J connectivity index is 1.87. The van der Waals surface area contributed by atoms with Crippen molar-refractivity contribution in [1.82, 2.24) is 19.1 Å². The van der Waals surface area contributed by atoms with Crippen LogP contribution < -0.4 is 11.2 Å². The summed E-state index contributed by atoms with van der Waals surface area (Å²) in [6.45, 7) is -0.180. The number of hydrogen-bond donors (Lipinski definition) is 0. The van der Waals surface area contributed by atoms with Crippen LogP contribution in [0.4, 0.5) is 13.2 Å². The maximum atomic E-state index is 13.1. The molecule has 2 aromatic heterocycles. The van der Waals surface area contributed by atoms with Crippen molar-refractivity contribution in [1.29, 1.82) is 0 Å². The molecule has 0 atom stereocenters. The molecule has 0 saturated heterocycles. The van der Waals surface area contributed by atoms with E-state index in [0.29, 0.717) is 0 Å². The van der Waals surface area contributed by atoms with E-state index in [1.807, 2.05) is 6.07 Å². The molecule has 0 N–H and O–H groups in total. The SMILES string of the molecule is O=c1c2nccnc2n(Cc2cccc(C(F)(F)F)c2)c(=O)n1Cc1ccccc1. The van der Waals surface area contributed by atoms with Gasteiger partial charge in [-0.3, -0.25) is 13.9 Å². The topological polar surface area (TPSA) is 69.8 Å². The van der Waals surface area contributed by atoms with Crippen molar-refractivity contribution in [3.8, 4) is 0 Å². The predicted molar refractivity (Wildman–Crippen MR) is 104 cm³/mol. The second-order valence-corrected chi connectivity index (χ2v) is 6.67. The van der Waals surface area contributed by atoms with Gasteiger partial charge in [0.1, 0.15) is 0 Å². The zero-order chi connectivity index (χ0) is 21.3. The minimum atomic E-state index is -4.51. The standard InChI is InChI=1S/C21H15F3N4O2/c22-21(23,24)16-8-4-7-15(11-16)13-27-18-17(25-9-10-26-18)19(29)28(20(27)30)12-14-5-2-1-3-6-14/h1-11H,12-13H2. The number of hydrogen-bond acceptors (Lipinski definition) is 4. The van der Waals surface area contributed by atoms with Gasteiger partial charge in [0.15, 0.2) is 11.2 Å². The quantitative estimate of drug-likeness (QED) is 0.517. The number of fused-ring (bicyclic) bond motifs is 1. The average molecular weight is 412 g/mol. The molecule has 6 nitrogen and oxygen atoms in total. The molecule has 0 bridgehead atoms. The first-order valence-electron chi connectivity index (χ1n) is 8.99. The lowest BCUT2D eigenvalue weighted by atomic mass is 10.1. The van der Waals surface area contributed by atoms with Crippen LogP contribution in [0.15, 0.2) is 76.6 Å². The zero-order valence-electron chi connectivity index (χ0n) is 15.5. The lowest BCUT2D eigenvalue weighted by Gasteiger charge is -2.14. The highest BCUT2D eigenvalue weighted by atomic mass is 19.4. The lowest BCUT2D eigenvalue weighted by molar-refractivity contribution is -0.137. The molecule has 0 aliphatic carbocycles. The Morgan fingerprint density at radius 3 is 2.20 bits per heavy atom. The Morgan fingerprint density at radius 2 is 1.47 bits per heavy atom. The summed E-state index contributed by atoms with van der Waals surface area (Å²) >= 11 is 0. The highest BCUT2D eigenvalue weighted by molar-refractivity contribution is 5.68. The van der Waals surface area contributed by atoms with E-state index in [0.717, 1.165) is 22.3 Å². The molecule has 152 valence electrons. The molecule has 0 amide bonds. The molecular formula is C21H15F3N4O2. The van der Waals surface area contributed by atoms with Crippen LogP contribution in [0, 0.1) is 0 Å². The maximum absolute atomic E-state index is 13.1. The van der Waals surface area contributed by atoms with Crippen molar-refractivity contribution in [2.75, 3.05) is 0 Å². The van der Waals surface area contributed by atoms with Gasteiger partial charge < -0.3 is 0 Å². The van der Waals surface area contributed by atoms with Crippen LogP contribution in [-0.2, 0) is 19.3 Å². The number of halogens is 3. The van der Waals surface area contributed by atoms with Gasteiger partial charge in [0.25, 0.3) is 5.56 Å². The van der Waals surface area contributed by atoms with E-state index in [4.69, 9.17) is 0 Å². The number of nitrogens with zero attached hydrogens (tertiary/aromatic N) is 4. The van der Waals surface area contributed by atoms with E-state index in [9.17, 15) is 22.8 Å². The van der Waals surface area contributed by atoms with E-state index in [-0.39, 0.29) is 29.8 Å². The molecule has 0 spiro atoms. The molecule has 0 aliphatic heterocycles. The van der Waals surface area contributed by atoms with Crippen LogP contribution in [0.25, 0.3) is 11.2 Å². The Bertz CT molecular complexity index is 1330. The van der Waals surface area contributed by atoms with Crippen LogP contribution in [0.3, 0.4) is 0 Å². The third-order valence-corrected chi connectivity index (χ3v) is 4.62. The zero-order valence-corrected chi connectivity index (χ0v) is 15.5. The third kappa shape index (κ3) is 3.73. The first kappa shape index (κ1) is 19.6. The Hall–Kier alpha value is -3.75. The normalized spacial score (nSPS) is 11.7. The average Bonchev–Trinajstić information content (AvgIpc) is 2.74. The molecule has 0 radical (unpaired) electrons. The van der Waals surface area contributed by atoms with E-state index in [2.05, 4.69) is 9.97 Å². The van der Waals surface area contributed by atoms with Gasteiger partial charge in [0.05, 0.1) is 18.7 Å². The number of alkyl halides is 3. The number of rotatable bonds is 4. The molecule has 0 fully saturated rings. The van der Waals surface area contributed by atoms with Crippen LogP contribution in [0.2, 0.25) is 0 Å². The maximum Gasteiger partial charge on any atom is 0.416 e. The summed E-state index contributed by atoms with van der Waals surface area (Å²) < 4.78 is 41.4. The summed E-state index contributed by atoms with van der Waals surface area (Å²) in [6, 6.07) is 13.6. The molecule has 2 heterocycles. The predicted octanol–water partition coefficient (Wildman–Crippen LogP) is 3.07. The van der Waals surface area contributed by atoms with Crippen molar-refractivity contribution in [3.63, 3.8) is 0 Å². The summed E-state index contributed by atoms with van der Waals surface area (Å²) in [4.78, 5) is 34.1. The highest BCUT2D eigenvalue weighted by Gasteiger charge is 2.30. The van der Waals surface area contributed by atoms with Crippen molar-refractivity contribution in [3.05, 3.63) is 105 Å². The van der Waals surface area contributed by atoms with Crippen LogP contribution in [0.5, 0.6) is 0 Å². The summed E-state index contributed by atoms with van der Waals surface area (Å²) in [5, 5.41) is 0. The van der Waals surface area contributed by atoms with Crippen molar-refractivity contribution in [2.24, 2.45) is 0 Å². The van der Waals surface area contributed by atoms with E-state index in [1.165, 1.54) is 29.1 Å². The fourth-order valence-corrected chi connectivity index (χ4v) is 3.21. The largest absolute Gasteiger partial charge is 0.416 e.